The molecule has 0 spiro atoms. The highest BCUT2D eigenvalue weighted by Crippen LogP contribution is 2.27. The summed E-state index contributed by atoms with van der Waals surface area (Å²) in [5.41, 5.74) is 0.979. The molecule has 3 heterocycles. The van der Waals surface area contributed by atoms with E-state index in [0.717, 1.165) is 30.1 Å². The number of hydrogen-bond acceptors (Lipinski definition) is 6. The van der Waals surface area contributed by atoms with Gasteiger partial charge in [-0.2, -0.15) is 0 Å². The topological polar surface area (TPSA) is 84.0 Å². The van der Waals surface area contributed by atoms with E-state index in [4.69, 9.17) is 0 Å². The summed E-state index contributed by atoms with van der Waals surface area (Å²) in [6, 6.07) is 3.09. The van der Waals surface area contributed by atoms with Gasteiger partial charge < -0.3 is 5.32 Å². The normalized spacial score (nSPS) is 14.9. The SMILES string of the molecule is O=S(=O)(Nc1nc2c(s1)CNCC2)c1cccnc1. The molecule has 100 valence electrons. The summed E-state index contributed by atoms with van der Waals surface area (Å²) in [7, 11) is -3.60. The Morgan fingerprint density at radius 3 is 3.05 bits per heavy atom. The maximum absolute atomic E-state index is 12.1. The molecule has 2 aromatic rings. The van der Waals surface area contributed by atoms with Crippen LogP contribution in [-0.4, -0.2) is 24.9 Å². The van der Waals surface area contributed by atoms with Crippen LogP contribution in [0.4, 0.5) is 5.13 Å². The van der Waals surface area contributed by atoms with Gasteiger partial charge in [-0.1, -0.05) is 11.3 Å². The molecule has 8 heteroatoms. The van der Waals surface area contributed by atoms with Crippen molar-refractivity contribution in [1.82, 2.24) is 15.3 Å². The number of anilines is 1. The van der Waals surface area contributed by atoms with Gasteiger partial charge in [0, 0.05) is 36.8 Å². The van der Waals surface area contributed by atoms with Crippen molar-refractivity contribution in [2.75, 3.05) is 11.3 Å². The molecule has 0 bridgehead atoms. The summed E-state index contributed by atoms with van der Waals surface area (Å²) in [6.45, 7) is 1.63. The average molecular weight is 296 g/mol. The molecule has 0 amide bonds. The quantitative estimate of drug-likeness (QED) is 0.882. The lowest BCUT2D eigenvalue weighted by Crippen LogP contribution is -2.22. The lowest BCUT2D eigenvalue weighted by atomic mass is 10.2. The standard InChI is InChI=1S/C11H12N4O2S2/c16-19(17,8-2-1-4-12-6-8)15-11-14-9-3-5-13-7-10(9)18-11/h1-2,4,6,13H,3,5,7H2,(H,14,15). The third-order valence-electron chi connectivity index (χ3n) is 2.77. The molecule has 0 atom stereocenters. The molecule has 0 fully saturated rings. The van der Waals surface area contributed by atoms with Crippen LogP contribution in [0.15, 0.2) is 29.4 Å². The number of pyridine rings is 1. The second kappa shape index (κ2) is 4.87. The fourth-order valence-corrected chi connectivity index (χ4v) is 4.02. The van der Waals surface area contributed by atoms with Crippen molar-refractivity contribution in [2.45, 2.75) is 17.9 Å². The predicted molar refractivity (Wildman–Crippen MR) is 72.6 cm³/mol. The van der Waals surface area contributed by atoms with E-state index in [-0.39, 0.29) is 4.90 Å². The lowest BCUT2D eigenvalue weighted by Gasteiger charge is -2.09. The molecule has 0 aliphatic carbocycles. The Hall–Kier alpha value is -1.51. The van der Waals surface area contributed by atoms with Crippen LogP contribution in [0, 0.1) is 0 Å². The number of fused-ring (bicyclic) bond motifs is 1. The molecule has 0 saturated heterocycles. The van der Waals surface area contributed by atoms with Crippen molar-refractivity contribution in [3.8, 4) is 0 Å². The Balaban J connectivity index is 1.87. The molecule has 2 N–H and O–H groups in total. The first-order valence-electron chi connectivity index (χ1n) is 5.77. The maximum Gasteiger partial charge on any atom is 0.265 e. The Bertz CT molecular complexity index is 658. The first-order valence-corrected chi connectivity index (χ1v) is 8.07. The molecule has 6 nitrogen and oxygen atoms in total. The van der Waals surface area contributed by atoms with E-state index in [1.54, 1.807) is 6.07 Å². The molecule has 1 aliphatic heterocycles. The number of hydrogen-bond donors (Lipinski definition) is 2. The second-order valence-electron chi connectivity index (χ2n) is 4.11. The van der Waals surface area contributed by atoms with Gasteiger partial charge in [-0.25, -0.2) is 13.4 Å². The van der Waals surface area contributed by atoms with E-state index in [1.807, 2.05) is 0 Å². The van der Waals surface area contributed by atoms with Crippen LogP contribution in [0.2, 0.25) is 0 Å². The highest BCUT2D eigenvalue weighted by Gasteiger charge is 2.19. The van der Waals surface area contributed by atoms with Crippen molar-refractivity contribution in [3.63, 3.8) is 0 Å². The highest BCUT2D eigenvalue weighted by molar-refractivity contribution is 7.93. The van der Waals surface area contributed by atoms with Gasteiger partial charge in [0.1, 0.15) is 4.90 Å². The van der Waals surface area contributed by atoms with E-state index in [2.05, 4.69) is 20.0 Å². The van der Waals surface area contributed by atoms with E-state index >= 15 is 0 Å². The third kappa shape index (κ3) is 2.60. The number of nitrogens with one attached hydrogen (secondary N) is 2. The molecule has 2 aromatic heterocycles. The summed E-state index contributed by atoms with van der Waals surface area (Å²) < 4.78 is 26.7. The fraction of sp³-hybridized carbons (Fsp3) is 0.273. The minimum Gasteiger partial charge on any atom is -0.311 e. The van der Waals surface area contributed by atoms with Crippen LogP contribution in [-0.2, 0) is 23.0 Å². The van der Waals surface area contributed by atoms with Crippen molar-refractivity contribution in [3.05, 3.63) is 35.1 Å². The summed E-state index contributed by atoms with van der Waals surface area (Å²) in [6.07, 6.45) is 3.69. The van der Waals surface area contributed by atoms with Crippen molar-refractivity contribution in [1.29, 1.82) is 0 Å². The molecule has 3 rings (SSSR count). The summed E-state index contributed by atoms with van der Waals surface area (Å²) >= 11 is 1.37. The van der Waals surface area contributed by atoms with Crippen LogP contribution < -0.4 is 10.0 Å². The number of rotatable bonds is 3. The second-order valence-corrected chi connectivity index (χ2v) is 6.88. The van der Waals surface area contributed by atoms with E-state index in [1.165, 1.54) is 29.8 Å². The Morgan fingerprint density at radius 2 is 2.32 bits per heavy atom. The summed E-state index contributed by atoms with van der Waals surface area (Å²) in [5, 5.41) is 3.65. The Labute approximate surface area is 115 Å². The largest absolute Gasteiger partial charge is 0.311 e. The number of nitrogens with zero attached hydrogens (tertiary/aromatic N) is 2. The smallest absolute Gasteiger partial charge is 0.265 e. The van der Waals surface area contributed by atoms with Gasteiger partial charge in [0.25, 0.3) is 10.0 Å². The van der Waals surface area contributed by atoms with E-state index < -0.39 is 10.0 Å². The zero-order chi connectivity index (χ0) is 13.3. The molecule has 0 saturated carbocycles. The van der Waals surface area contributed by atoms with Gasteiger partial charge in [-0.3, -0.25) is 9.71 Å². The fourth-order valence-electron chi connectivity index (χ4n) is 1.85. The van der Waals surface area contributed by atoms with Gasteiger partial charge in [0.15, 0.2) is 5.13 Å². The highest BCUT2D eigenvalue weighted by atomic mass is 32.2. The predicted octanol–water partition coefficient (Wildman–Crippen LogP) is 0.985. The Kier molecular flexibility index (Phi) is 3.21. The number of thiazole rings is 1. The summed E-state index contributed by atoms with van der Waals surface area (Å²) in [5.74, 6) is 0. The molecule has 0 radical (unpaired) electrons. The monoisotopic (exact) mass is 296 g/mol. The zero-order valence-corrected chi connectivity index (χ0v) is 11.6. The third-order valence-corrected chi connectivity index (χ3v) is 5.24. The van der Waals surface area contributed by atoms with Crippen molar-refractivity contribution < 1.29 is 8.42 Å². The Morgan fingerprint density at radius 1 is 1.42 bits per heavy atom. The van der Waals surface area contributed by atoms with Gasteiger partial charge in [-0.05, 0) is 12.1 Å². The molecule has 0 aromatic carbocycles. The van der Waals surface area contributed by atoms with Crippen LogP contribution in [0.1, 0.15) is 10.6 Å². The van der Waals surface area contributed by atoms with Crippen LogP contribution >= 0.6 is 11.3 Å². The first-order chi connectivity index (χ1) is 9.15. The molecular weight excluding hydrogens is 284 g/mol. The van der Waals surface area contributed by atoms with Crippen molar-refractivity contribution >= 4 is 26.5 Å². The minimum atomic E-state index is -3.60. The van der Waals surface area contributed by atoms with Gasteiger partial charge in [-0.15, -0.1) is 0 Å². The molecular formula is C11H12N4O2S2. The van der Waals surface area contributed by atoms with Crippen LogP contribution in [0.5, 0.6) is 0 Å². The molecule has 1 aliphatic rings. The number of sulfonamides is 1. The first kappa shape index (κ1) is 12.5. The molecule has 19 heavy (non-hydrogen) atoms. The van der Waals surface area contributed by atoms with Crippen LogP contribution in [0.3, 0.4) is 0 Å². The van der Waals surface area contributed by atoms with Gasteiger partial charge in [0.2, 0.25) is 0 Å². The van der Waals surface area contributed by atoms with Gasteiger partial charge in [0.05, 0.1) is 5.69 Å². The van der Waals surface area contributed by atoms with Crippen molar-refractivity contribution in [2.24, 2.45) is 0 Å². The van der Waals surface area contributed by atoms with Crippen LogP contribution in [0.25, 0.3) is 0 Å². The maximum atomic E-state index is 12.1. The average Bonchev–Trinajstić information content (AvgIpc) is 2.81. The zero-order valence-electron chi connectivity index (χ0n) is 9.96. The van der Waals surface area contributed by atoms with E-state index in [9.17, 15) is 8.42 Å². The molecule has 0 unspecified atom stereocenters. The summed E-state index contributed by atoms with van der Waals surface area (Å²) in [4.78, 5) is 9.37. The lowest BCUT2D eigenvalue weighted by molar-refractivity contribution is 0.600. The number of aromatic nitrogens is 2. The minimum absolute atomic E-state index is 0.140. The van der Waals surface area contributed by atoms with Gasteiger partial charge >= 0.3 is 0 Å². The van der Waals surface area contributed by atoms with E-state index in [0.29, 0.717) is 5.13 Å².